The molecular formula is C18H28N2O. The Labute approximate surface area is 128 Å². The van der Waals surface area contributed by atoms with Crippen molar-refractivity contribution in [2.24, 2.45) is 11.8 Å². The Kier molecular flexibility index (Phi) is 5.04. The molecule has 1 aromatic rings. The summed E-state index contributed by atoms with van der Waals surface area (Å²) in [4.78, 5) is 15.0. The van der Waals surface area contributed by atoms with Crippen LogP contribution >= 0.6 is 0 Å². The van der Waals surface area contributed by atoms with Crippen molar-refractivity contribution in [2.75, 3.05) is 0 Å². The minimum atomic E-state index is -0.0805. The van der Waals surface area contributed by atoms with Gasteiger partial charge in [-0.1, -0.05) is 65.0 Å². The zero-order valence-electron chi connectivity index (χ0n) is 13.8. The predicted octanol–water partition coefficient (Wildman–Crippen LogP) is 3.58. The average molecular weight is 288 g/mol. The lowest BCUT2D eigenvalue weighted by molar-refractivity contribution is -0.134. The van der Waals surface area contributed by atoms with E-state index in [1.807, 2.05) is 18.2 Å². The summed E-state index contributed by atoms with van der Waals surface area (Å²) in [5.74, 6) is 1.01. The fraction of sp³-hybridized carbons (Fsp3) is 0.611. The van der Waals surface area contributed by atoms with Gasteiger partial charge in [0, 0.05) is 6.04 Å². The summed E-state index contributed by atoms with van der Waals surface area (Å²) < 4.78 is 0. The summed E-state index contributed by atoms with van der Waals surface area (Å²) in [6, 6.07) is 10.5. The van der Waals surface area contributed by atoms with Gasteiger partial charge in [-0.05, 0) is 23.8 Å². The van der Waals surface area contributed by atoms with Crippen molar-refractivity contribution in [1.29, 1.82) is 0 Å². The minimum Gasteiger partial charge on any atom is -0.318 e. The summed E-state index contributed by atoms with van der Waals surface area (Å²) in [7, 11) is 0. The van der Waals surface area contributed by atoms with Crippen molar-refractivity contribution in [3.05, 3.63) is 35.9 Å². The lowest BCUT2D eigenvalue weighted by Crippen LogP contribution is -2.43. The van der Waals surface area contributed by atoms with Gasteiger partial charge in [0.1, 0.15) is 6.17 Å². The monoisotopic (exact) mass is 288 g/mol. The van der Waals surface area contributed by atoms with Crippen LogP contribution in [0.2, 0.25) is 0 Å². The number of rotatable bonds is 5. The Morgan fingerprint density at radius 2 is 1.76 bits per heavy atom. The number of carbonyl (C=O) groups is 1. The Hall–Kier alpha value is -1.35. The van der Waals surface area contributed by atoms with Crippen LogP contribution < -0.4 is 5.32 Å². The van der Waals surface area contributed by atoms with Gasteiger partial charge in [0.15, 0.2) is 0 Å². The molecule has 21 heavy (non-hydrogen) atoms. The molecule has 1 N–H and O–H groups in total. The molecule has 0 aromatic heterocycles. The van der Waals surface area contributed by atoms with Crippen LogP contribution in [0.4, 0.5) is 0 Å². The number of hydrogen-bond donors (Lipinski definition) is 1. The standard InChI is InChI=1S/C18H28N2O/c1-6-15(12(2)3)20-17(14-10-8-7-9-11-14)19-16(13(4)5)18(20)21/h7-13,15-17,19H,6H2,1-5H3. The second kappa shape index (κ2) is 6.61. The third-order valence-corrected chi connectivity index (χ3v) is 4.46. The van der Waals surface area contributed by atoms with Crippen LogP contribution in [0.5, 0.6) is 0 Å². The first-order valence-electron chi connectivity index (χ1n) is 8.10. The molecule has 3 heteroatoms. The highest BCUT2D eigenvalue weighted by Crippen LogP contribution is 2.33. The zero-order chi connectivity index (χ0) is 15.6. The van der Waals surface area contributed by atoms with E-state index in [1.165, 1.54) is 5.56 Å². The van der Waals surface area contributed by atoms with E-state index in [0.717, 1.165) is 6.42 Å². The lowest BCUT2D eigenvalue weighted by Gasteiger charge is -2.35. The molecule has 0 spiro atoms. The molecule has 1 saturated heterocycles. The summed E-state index contributed by atoms with van der Waals surface area (Å²) in [5, 5.41) is 3.55. The highest BCUT2D eigenvalue weighted by molar-refractivity contribution is 5.85. The van der Waals surface area contributed by atoms with Gasteiger partial charge in [0.05, 0.1) is 6.04 Å². The molecule has 0 aliphatic carbocycles. The van der Waals surface area contributed by atoms with E-state index in [9.17, 15) is 4.79 Å². The number of nitrogens with one attached hydrogen (secondary N) is 1. The van der Waals surface area contributed by atoms with E-state index in [-0.39, 0.29) is 24.2 Å². The van der Waals surface area contributed by atoms with Gasteiger partial charge in [0.25, 0.3) is 0 Å². The number of benzene rings is 1. The maximum absolute atomic E-state index is 12.9. The maximum atomic E-state index is 12.9. The zero-order valence-corrected chi connectivity index (χ0v) is 13.8. The van der Waals surface area contributed by atoms with Gasteiger partial charge < -0.3 is 4.90 Å². The molecule has 0 bridgehead atoms. The van der Waals surface area contributed by atoms with Gasteiger partial charge in [-0.15, -0.1) is 0 Å². The van der Waals surface area contributed by atoms with Crippen molar-refractivity contribution in [3.8, 4) is 0 Å². The van der Waals surface area contributed by atoms with E-state index in [1.54, 1.807) is 0 Å². The predicted molar refractivity (Wildman–Crippen MR) is 86.7 cm³/mol. The second-order valence-corrected chi connectivity index (χ2v) is 6.67. The molecule has 0 saturated carbocycles. The van der Waals surface area contributed by atoms with E-state index >= 15 is 0 Å². The number of amides is 1. The Morgan fingerprint density at radius 3 is 2.24 bits per heavy atom. The van der Waals surface area contributed by atoms with Crippen LogP contribution in [-0.2, 0) is 4.79 Å². The average Bonchev–Trinajstić information content (AvgIpc) is 2.79. The molecule has 1 amide bonds. The third-order valence-electron chi connectivity index (χ3n) is 4.46. The molecule has 3 atom stereocenters. The van der Waals surface area contributed by atoms with Crippen LogP contribution in [0.15, 0.2) is 30.3 Å². The minimum absolute atomic E-state index is 0.00144. The van der Waals surface area contributed by atoms with Crippen molar-refractivity contribution in [3.63, 3.8) is 0 Å². The fourth-order valence-corrected chi connectivity index (χ4v) is 3.32. The van der Waals surface area contributed by atoms with E-state index in [4.69, 9.17) is 0 Å². The number of hydrogen-bond acceptors (Lipinski definition) is 2. The Balaban J connectivity index is 2.38. The molecule has 1 heterocycles. The van der Waals surface area contributed by atoms with Crippen molar-refractivity contribution in [1.82, 2.24) is 10.2 Å². The van der Waals surface area contributed by atoms with Crippen LogP contribution in [0.25, 0.3) is 0 Å². The first kappa shape index (κ1) is 16.0. The molecule has 2 rings (SSSR count). The summed E-state index contributed by atoms with van der Waals surface area (Å²) in [6.45, 7) is 10.8. The van der Waals surface area contributed by atoms with Gasteiger partial charge in [-0.3, -0.25) is 10.1 Å². The second-order valence-electron chi connectivity index (χ2n) is 6.67. The molecule has 1 aliphatic rings. The topological polar surface area (TPSA) is 32.3 Å². The number of nitrogens with zero attached hydrogens (tertiary/aromatic N) is 1. The molecular weight excluding hydrogens is 260 g/mol. The van der Waals surface area contributed by atoms with Crippen LogP contribution in [0.1, 0.15) is 52.8 Å². The molecule has 116 valence electrons. The molecule has 1 aliphatic heterocycles. The Morgan fingerprint density at radius 1 is 1.14 bits per heavy atom. The van der Waals surface area contributed by atoms with Gasteiger partial charge in [-0.2, -0.15) is 0 Å². The molecule has 3 unspecified atom stereocenters. The first-order valence-corrected chi connectivity index (χ1v) is 8.10. The van der Waals surface area contributed by atoms with E-state index in [2.05, 4.69) is 57.0 Å². The summed E-state index contributed by atoms with van der Waals surface area (Å²) >= 11 is 0. The highest BCUT2D eigenvalue weighted by Gasteiger charge is 2.44. The summed E-state index contributed by atoms with van der Waals surface area (Å²) in [6.07, 6.45) is 0.984. The van der Waals surface area contributed by atoms with Crippen LogP contribution in [-0.4, -0.2) is 22.9 Å². The van der Waals surface area contributed by atoms with Crippen molar-refractivity contribution in [2.45, 2.75) is 59.3 Å². The molecule has 1 aromatic carbocycles. The van der Waals surface area contributed by atoms with E-state index < -0.39 is 0 Å². The summed E-state index contributed by atoms with van der Waals surface area (Å²) in [5.41, 5.74) is 1.17. The van der Waals surface area contributed by atoms with Crippen LogP contribution in [0.3, 0.4) is 0 Å². The maximum Gasteiger partial charge on any atom is 0.241 e. The lowest BCUT2D eigenvalue weighted by atomic mass is 9.97. The van der Waals surface area contributed by atoms with Crippen molar-refractivity contribution < 1.29 is 4.79 Å². The van der Waals surface area contributed by atoms with Gasteiger partial charge >= 0.3 is 0 Å². The largest absolute Gasteiger partial charge is 0.318 e. The quantitative estimate of drug-likeness (QED) is 0.898. The number of carbonyl (C=O) groups excluding carboxylic acids is 1. The van der Waals surface area contributed by atoms with E-state index in [0.29, 0.717) is 11.8 Å². The fourth-order valence-electron chi connectivity index (χ4n) is 3.32. The molecule has 1 fully saturated rings. The SMILES string of the molecule is CCC(C(C)C)N1C(=O)C(C(C)C)NC1c1ccccc1. The van der Waals surface area contributed by atoms with Crippen molar-refractivity contribution >= 4 is 5.91 Å². The highest BCUT2D eigenvalue weighted by atomic mass is 16.2. The van der Waals surface area contributed by atoms with Gasteiger partial charge in [0.2, 0.25) is 5.91 Å². The Bertz CT molecular complexity index is 469. The smallest absolute Gasteiger partial charge is 0.241 e. The normalized spacial score (nSPS) is 24.1. The molecule has 0 radical (unpaired) electrons. The third kappa shape index (κ3) is 3.13. The van der Waals surface area contributed by atoms with Crippen LogP contribution in [0, 0.1) is 11.8 Å². The first-order chi connectivity index (χ1) is 9.97. The van der Waals surface area contributed by atoms with Gasteiger partial charge in [-0.25, -0.2) is 0 Å². The molecule has 3 nitrogen and oxygen atoms in total.